The second-order valence-electron chi connectivity index (χ2n) is 11.6. The number of hydrogen-bond acceptors (Lipinski definition) is 7. The van der Waals surface area contributed by atoms with Gasteiger partial charge in [-0.25, -0.2) is 4.68 Å². The van der Waals surface area contributed by atoms with Crippen LogP contribution in [0.4, 0.5) is 5.69 Å². The molecule has 2 bridgehead atoms. The molecule has 0 aliphatic carbocycles. The average molecular weight is 585 g/mol. The van der Waals surface area contributed by atoms with Crippen LogP contribution >= 0.6 is 0 Å². The molecule has 11 nitrogen and oxygen atoms in total. The summed E-state index contributed by atoms with van der Waals surface area (Å²) in [5.74, 6) is -2.66. The topological polar surface area (TPSA) is 121 Å². The van der Waals surface area contributed by atoms with Crippen LogP contribution in [-0.4, -0.2) is 91.1 Å². The highest BCUT2D eigenvalue weighted by atomic mass is 16.5. The van der Waals surface area contributed by atoms with Gasteiger partial charge in [0, 0.05) is 25.3 Å². The fourth-order valence-corrected chi connectivity index (χ4v) is 7.39. The SMILES string of the molecule is C=CCN(Cn1nnc2ccccc21)C(=O)C1N(CCO)C(=O)[C@@H]2[C@@H](C(=O)N(CC=C)c3ccccc3)[C@@]3(C)CCC12O3. The number of aliphatic hydroxyl groups excluding tert-OH is 1. The molecule has 1 N–H and O–H groups in total. The van der Waals surface area contributed by atoms with Crippen LogP contribution in [0.25, 0.3) is 11.0 Å². The predicted molar refractivity (Wildman–Crippen MR) is 159 cm³/mol. The zero-order valence-electron chi connectivity index (χ0n) is 24.2. The summed E-state index contributed by atoms with van der Waals surface area (Å²) in [5, 5.41) is 18.4. The summed E-state index contributed by atoms with van der Waals surface area (Å²) in [6.45, 7) is 9.68. The van der Waals surface area contributed by atoms with Gasteiger partial charge in [-0.2, -0.15) is 0 Å². The molecule has 0 saturated carbocycles. The van der Waals surface area contributed by atoms with E-state index in [2.05, 4.69) is 23.5 Å². The number of carbonyl (C=O) groups excluding carboxylic acids is 3. The molecule has 3 aromatic rings. The lowest BCUT2D eigenvalue weighted by Crippen LogP contribution is -2.57. The highest BCUT2D eigenvalue weighted by Gasteiger charge is 2.78. The van der Waals surface area contributed by atoms with Gasteiger partial charge in [0.15, 0.2) is 0 Å². The van der Waals surface area contributed by atoms with Crippen molar-refractivity contribution < 1.29 is 24.2 Å². The van der Waals surface area contributed by atoms with Crippen LogP contribution in [0.1, 0.15) is 19.8 Å². The van der Waals surface area contributed by atoms with E-state index in [9.17, 15) is 19.5 Å². The number of aromatic nitrogens is 3. The summed E-state index contributed by atoms with van der Waals surface area (Å²) in [6, 6.07) is 15.7. The molecular formula is C32H36N6O5. The Kier molecular flexibility index (Phi) is 7.39. The van der Waals surface area contributed by atoms with E-state index < -0.39 is 29.1 Å². The zero-order chi connectivity index (χ0) is 30.4. The maximum absolute atomic E-state index is 14.5. The molecule has 2 unspecified atom stereocenters. The van der Waals surface area contributed by atoms with E-state index in [4.69, 9.17) is 4.74 Å². The molecule has 6 rings (SSSR count). The third-order valence-corrected chi connectivity index (χ3v) is 9.15. The molecule has 5 atom stereocenters. The summed E-state index contributed by atoms with van der Waals surface area (Å²) in [7, 11) is 0. The first-order valence-corrected chi connectivity index (χ1v) is 14.6. The smallest absolute Gasteiger partial charge is 0.250 e. The number of β-amino-alcohol motifs (C(OH)–C–C–N with tert-alkyl or cyclic N) is 1. The highest BCUT2D eigenvalue weighted by Crippen LogP contribution is 2.63. The van der Waals surface area contributed by atoms with Crippen molar-refractivity contribution in [1.82, 2.24) is 24.8 Å². The number of rotatable bonds is 11. The Balaban J connectivity index is 1.38. The van der Waals surface area contributed by atoms with Gasteiger partial charge in [-0.3, -0.25) is 14.4 Å². The van der Waals surface area contributed by atoms with Gasteiger partial charge in [-0.15, -0.1) is 18.3 Å². The first-order chi connectivity index (χ1) is 20.8. The fraction of sp³-hybridized carbons (Fsp3) is 0.406. The van der Waals surface area contributed by atoms with Gasteiger partial charge in [0.2, 0.25) is 17.7 Å². The second kappa shape index (κ2) is 11.1. The van der Waals surface area contributed by atoms with E-state index in [1.54, 1.807) is 26.6 Å². The number of aliphatic hydroxyl groups is 1. The van der Waals surface area contributed by atoms with E-state index >= 15 is 0 Å². The molecule has 3 amide bonds. The Bertz CT molecular complexity index is 1570. The molecule has 3 saturated heterocycles. The van der Waals surface area contributed by atoms with Crippen molar-refractivity contribution in [1.29, 1.82) is 0 Å². The van der Waals surface area contributed by atoms with Crippen molar-refractivity contribution in [2.24, 2.45) is 11.8 Å². The minimum Gasteiger partial charge on any atom is -0.395 e. The van der Waals surface area contributed by atoms with Crippen LogP contribution in [0.2, 0.25) is 0 Å². The van der Waals surface area contributed by atoms with E-state index in [1.807, 2.05) is 61.5 Å². The second-order valence-corrected chi connectivity index (χ2v) is 11.6. The van der Waals surface area contributed by atoms with Crippen molar-refractivity contribution >= 4 is 34.4 Å². The molecule has 4 heterocycles. The third kappa shape index (κ3) is 4.45. The van der Waals surface area contributed by atoms with E-state index in [1.165, 1.54) is 4.90 Å². The molecule has 1 spiro atoms. The molecule has 3 aliphatic heterocycles. The maximum atomic E-state index is 14.5. The molecule has 1 aromatic heterocycles. The van der Waals surface area contributed by atoms with Crippen LogP contribution < -0.4 is 4.90 Å². The van der Waals surface area contributed by atoms with Crippen LogP contribution in [-0.2, 0) is 25.8 Å². The van der Waals surface area contributed by atoms with E-state index in [-0.39, 0.29) is 50.6 Å². The van der Waals surface area contributed by atoms with Crippen LogP contribution in [0, 0.1) is 11.8 Å². The number of ether oxygens (including phenoxy) is 1. The van der Waals surface area contributed by atoms with Gasteiger partial charge in [0.25, 0.3) is 0 Å². The normalized spacial score (nSPS) is 27.3. The predicted octanol–water partition coefficient (Wildman–Crippen LogP) is 2.38. The number of anilines is 1. The van der Waals surface area contributed by atoms with Crippen LogP contribution in [0.5, 0.6) is 0 Å². The fourth-order valence-electron chi connectivity index (χ4n) is 7.39. The van der Waals surface area contributed by atoms with Crippen molar-refractivity contribution in [3.8, 4) is 0 Å². The Labute approximate surface area is 250 Å². The Morgan fingerprint density at radius 2 is 1.79 bits per heavy atom. The van der Waals surface area contributed by atoms with Gasteiger partial charge in [-0.1, -0.05) is 47.7 Å². The lowest BCUT2D eigenvalue weighted by atomic mass is 9.66. The number of hydrogen-bond donors (Lipinski definition) is 1. The molecule has 43 heavy (non-hydrogen) atoms. The number of benzene rings is 2. The first-order valence-electron chi connectivity index (χ1n) is 14.6. The van der Waals surface area contributed by atoms with Gasteiger partial charge < -0.3 is 24.5 Å². The monoisotopic (exact) mass is 584 g/mol. The summed E-state index contributed by atoms with van der Waals surface area (Å²) < 4.78 is 8.39. The molecule has 0 radical (unpaired) electrons. The van der Waals surface area contributed by atoms with Gasteiger partial charge >= 0.3 is 0 Å². The Hall–Kier alpha value is -4.35. The zero-order valence-corrected chi connectivity index (χ0v) is 24.2. The molecule has 11 heteroatoms. The molecular weight excluding hydrogens is 548 g/mol. The van der Waals surface area contributed by atoms with E-state index in [0.29, 0.717) is 24.0 Å². The summed E-state index contributed by atoms with van der Waals surface area (Å²) >= 11 is 0. The summed E-state index contributed by atoms with van der Waals surface area (Å²) in [6.07, 6.45) is 4.21. The summed E-state index contributed by atoms with van der Waals surface area (Å²) in [4.78, 5) is 47.8. The summed E-state index contributed by atoms with van der Waals surface area (Å²) in [5.41, 5.74) is -0.0240. The minimum atomic E-state index is -1.22. The maximum Gasteiger partial charge on any atom is 0.250 e. The Morgan fingerprint density at radius 1 is 1.07 bits per heavy atom. The number of nitrogens with zero attached hydrogens (tertiary/aromatic N) is 6. The molecule has 224 valence electrons. The standard InChI is InChI=1S/C32H36N6O5/c1-4-17-35(21-38-24-14-10-9-13-23(24)33-34-38)30(42)27-32-16-15-31(3,43-32)25(26(32)29(41)37(27)19-20-39)28(40)36(18-5-2)22-11-7-6-8-12-22/h4-14,25-27,39H,1-2,15-21H2,3H3/t25-,26-,27?,31+,32?/m0/s1. The quantitative estimate of drug-likeness (QED) is 0.344. The Morgan fingerprint density at radius 3 is 2.51 bits per heavy atom. The minimum absolute atomic E-state index is 0.0578. The number of likely N-dealkylation sites (tertiary alicyclic amines) is 1. The first kappa shape index (κ1) is 28.8. The lowest BCUT2D eigenvalue weighted by molar-refractivity contribution is -0.152. The average Bonchev–Trinajstić information content (AvgIpc) is 3.71. The molecule has 3 fully saturated rings. The van der Waals surface area contributed by atoms with E-state index in [0.717, 1.165) is 5.52 Å². The highest BCUT2D eigenvalue weighted by molar-refractivity contribution is 6.03. The van der Waals surface area contributed by atoms with Gasteiger partial charge in [0.05, 0.1) is 29.6 Å². The van der Waals surface area contributed by atoms with Crippen molar-refractivity contribution in [3.63, 3.8) is 0 Å². The lowest BCUT2D eigenvalue weighted by Gasteiger charge is -2.36. The van der Waals surface area contributed by atoms with Gasteiger partial charge in [-0.05, 0) is 44.0 Å². The van der Waals surface area contributed by atoms with Crippen molar-refractivity contribution in [2.45, 2.75) is 43.7 Å². The number of para-hydroxylation sites is 2. The van der Waals surface area contributed by atoms with Crippen molar-refractivity contribution in [3.05, 3.63) is 79.9 Å². The van der Waals surface area contributed by atoms with Crippen LogP contribution in [0.15, 0.2) is 79.9 Å². The molecule has 2 aromatic carbocycles. The number of carbonyl (C=O) groups is 3. The number of amides is 3. The third-order valence-electron chi connectivity index (χ3n) is 9.15. The largest absolute Gasteiger partial charge is 0.395 e. The van der Waals surface area contributed by atoms with Crippen LogP contribution in [0.3, 0.4) is 0 Å². The number of fused-ring (bicyclic) bond motifs is 2. The van der Waals surface area contributed by atoms with Gasteiger partial charge in [0.1, 0.15) is 23.8 Å². The molecule has 3 aliphatic rings. The van der Waals surface area contributed by atoms with Crippen molar-refractivity contribution in [2.75, 3.05) is 31.1 Å².